The van der Waals surface area contributed by atoms with Crippen molar-refractivity contribution in [3.8, 4) is 0 Å². The number of hydrogen-bond acceptors (Lipinski definition) is 4. The van der Waals surface area contributed by atoms with Crippen LogP contribution < -0.4 is 5.32 Å². The van der Waals surface area contributed by atoms with Crippen LogP contribution in [0.1, 0.15) is 6.92 Å². The number of ether oxygens (including phenoxy) is 1. The van der Waals surface area contributed by atoms with Gasteiger partial charge in [-0.3, -0.25) is 9.59 Å². The molecule has 0 saturated carbocycles. The first-order valence-electron chi connectivity index (χ1n) is 7.09. The molecule has 24 heavy (non-hydrogen) atoms. The number of halogens is 2. The number of carbonyl (C=O) groups excluding carboxylic acids is 2. The van der Waals surface area contributed by atoms with Crippen molar-refractivity contribution in [1.82, 2.24) is 0 Å². The lowest BCUT2D eigenvalue weighted by Crippen LogP contribution is -2.30. The van der Waals surface area contributed by atoms with Crippen molar-refractivity contribution in [2.45, 2.75) is 17.9 Å². The molecule has 0 fully saturated rings. The predicted molar refractivity (Wildman–Crippen MR) is 97.8 cm³/mol. The van der Waals surface area contributed by atoms with E-state index in [2.05, 4.69) is 5.32 Å². The molecule has 2 aromatic rings. The van der Waals surface area contributed by atoms with Gasteiger partial charge in [0.15, 0.2) is 6.10 Å². The van der Waals surface area contributed by atoms with E-state index in [9.17, 15) is 9.59 Å². The van der Waals surface area contributed by atoms with Crippen LogP contribution in [0.25, 0.3) is 0 Å². The zero-order valence-electron chi connectivity index (χ0n) is 12.8. The van der Waals surface area contributed by atoms with Crippen LogP contribution in [0.5, 0.6) is 0 Å². The maximum atomic E-state index is 12.1. The third-order valence-corrected chi connectivity index (χ3v) is 4.50. The maximum Gasteiger partial charge on any atom is 0.317 e. The van der Waals surface area contributed by atoms with Crippen LogP contribution in [0.3, 0.4) is 0 Å². The van der Waals surface area contributed by atoms with Gasteiger partial charge in [0.1, 0.15) is 0 Å². The molecular weight excluding hydrogens is 369 g/mol. The van der Waals surface area contributed by atoms with Gasteiger partial charge in [0, 0.05) is 9.92 Å². The highest BCUT2D eigenvalue weighted by atomic mass is 35.5. The SMILES string of the molecule is C[C@@H](OC(=O)CSc1ccccc1)C(=O)Nc1ccc(Cl)cc1Cl. The summed E-state index contributed by atoms with van der Waals surface area (Å²) in [6.07, 6.45) is -0.930. The summed E-state index contributed by atoms with van der Waals surface area (Å²) in [6, 6.07) is 14.2. The zero-order chi connectivity index (χ0) is 17.5. The van der Waals surface area contributed by atoms with Gasteiger partial charge in [-0.15, -0.1) is 11.8 Å². The van der Waals surface area contributed by atoms with Gasteiger partial charge in [-0.05, 0) is 37.3 Å². The molecule has 0 aliphatic heterocycles. The molecule has 0 aliphatic carbocycles. The first-order chi connectivity index (χ1) is 11.5. The number of thioether (sulfide) groups is 1. The largest absolute Gasteiger partial charge is 0.452 e. The summed E-state index contributed by atoms with van der Waals surface area (Å²) in [5, 5.41) is 3.38. The Labute approximate surface area is 154 Å². The van der Waals surface area contributed by atoms with Crippen LogP contribution in [0.2, 0.25) is 10.0 Å². The molecule has 2 aromatic carbocycles. The van der Waals surface area contributed by atoms with E-state index in [1.165, 1.54) is 24.8 Å². The third-order valence-electron chi connectivity index (χ3n) is 2.97. The molecule has 0 aromatic heterocycles. The van der Waals surface area contributed by atoms with Gasteiger partial charge in [-0.1, -0.05) is 41.4 Å². The minimum Gasteiger partial charge on any atom is -0.452 e. The van der Waals surface area contributed by atoms with Crippen molar-refractivity contribution in [1.29, 1.82) is 0 Å². The molecule has 4 nitrogen and oxygen atoms in total. The van der Waals surface area contributed by atoms with E-state index in [0.717, 1.165) is 4.90 Å². The Balaban J connectivity index is 1.83. The van der Waals surface area contributed by atoms with Crippen LogP contribution >= 0.6 is 35.0 Å². The number of carbonyl (C=O) groups is 2. The van der Waals surface area contributed by atoms with E-state index in [4.69, 9.17) is 27.9 Å². The van der Waals surface area contributed by atoms with Crippen molar-refractivity contribution in [3.63, 3.8) is 0 Å². The number of anilines is 1. The average molecular weight is 384 g/mol. The molecule has 7 heteroatoms. The van der Waals surface area contributed by atoms with Crippen molar-refractivity contribution >= 4 is 52.5 Å². The van der Waals surface area contributed by atoms with Crippen LogP contribution in [-0.4, -0.2) is 23.7 Å². The molecule has 0 heterocycles. The molecule has 2 rings (SSSR count). The van der Waals surface area contributed by atoms with Crippen LogP contribution in [0.4, 0.5) is 5.69 Å². The topological polar surface area (TPSA) is 55.4 Å². The van der Waals surface area contributed by atoms with Gasteiger partial charge in [0.25, 0.3) is 5.91 Å². The lowest BCUT2D eigenvalue weighted by molar-refractivity contribution is -0.150. The minimum atomic E-state index is -0.930. The fourth-order valence-electron chi connectivity index (χ4n) is 1.77. The van der Waals surface area contributed by atoms with E-state index in [-0.39, 0.29) is 5.75 Å². The maximum absolute atomic E-state index is 12.1. The fourth-order valence-corrected chi connectivity index (χ4v) is 2.93. The summed E-state index contributed by atoms with van der Waals surface area (Å²) in [4.78, 5) is 24.9. The monoisotopic (exact) mass is 383 g/mol. The molecule has 1 N–H and O–H groups in total. The van der Waals surface area contributed by atoms with Crippen molar-refractivity contribution in [2.24, 2.45) is 0 Å². The second-order valence-corrected chi connectivity index (χ2v) is 6.74. The molecule has 0 unspecified atom stereocenters. The molecule has 0 bridgehead atoms. The highest BCUT2D eigenvalue weighted by Gasteiger charge is 2.19. The smallest absolute Gasteiger partial charge is 0.317 e. The molecule has 126 valence electrons. The third kappa shape index (κ3) is 5.74. The molecule has 0 aliphatic rings. The Kier molecular flexibility index (Phi) is 6.97. The van der Waals surface area contributed by atoms with Crippen molar-refractivity contribution in [3.05, 3.63) is 58.6 Å². The summed E-state index contributed by atoms with van der Waals surface area (Å²) < 4.78 is 5.13. The van der Waals surface area contributed by atoms with E-state index in [1.54, 1.807) is 12.1 Å². The second-order valence-electron chi connectivity index (χ2n) is 4.85. The standard InChI is InChI=1S/C17H15Cl2NO3S/c1-11(17(22)20-15-8-7-12(18)9-14(15)19)23-16(21)10-24-13-5-3-2-4-6-13/h2-9,11H,10H2,1H3,(H,20,22)/t11-/m1/s1. The predicted octanol–water partition coefficient (Wildman–Crippen LogP) is 4.66. The van der Waals surface area contributed by atoms with Gasteiger partial charge in [-0.25, -0.2) is 0 Å². The lowest BCUT2D eigenvalue weighted by Gasteiger charge is -2.14. The molecule has 0 radical (unpaired) electrons. The van der Waals surface area contributed by atoms with Gasteiger partial charge in [0.05, 0.1) is 16.5 Å². The Bertz CT molecular complexity index is 725. The minimum absolute atomic E-state index is 0.128. The van der Waals surface area contributed by atoms with E-state index in [0.29, 0.717) is 15.7 Å². The van der Waals surface area contributed by atoms with Gasteiger partial charge < -0.3 is 10.1 Å². The number of esters is 1. The van der Waals surface area contributed by atoms with E-state index < -0.39 is 18.0 Å². The summed E-state index contributed by atoms with van der Waals surface area (Å²) in [5.41, 5.74) is 0.410. The first-order valence-corrected chi connectivity index (χ1v) is 8.83. The van der Waals surface area contributed by atoms with E-state index >= 15 is 0 Å². The fraction of sp³-hybridized carbons (Fsp3) is 0.176. The van der Waals surface area contributed by atoms with Gasteiger partial charge in [0.2, 0.25) is 0 Å². The molecule has 0 spiro atoms. The Morgan fingerprint density at radius 3 is 2.54 bits per heavy atom. The lowest BCUT2D eigenvalue weighted by atomic mass is 10.3. The normalized spacial score (nSPS) is 11.6. The number of benzene rings is 2. The van der Waals surface area contributed by atoms with E-state index in [1.807, 2.05) is 30.3 Å². The Hall–Kier alpha value is -1.69. The van der Waals surface area contributed by atoms with Crippen molar-refractivity contribution < 1.29 is 14.3 Å². The number of rotatable bonds is 6. The zero-order valence-corrected chi connectivity index (χ0v) is 15.1. The quantitative estimate of drug-likeness (QED) is 0.582. The Morgan fingerprint density at radius 1 is 1.17 bits per heavy atom. The molecule has 1 atom stereocenters. The van der Waals surface area contributed by atoms with Crippen LogP contribution in [0.15, 0.2) is 53.4 Å². The highest BCUT2D eigenvalue weighted by Crippen LogP contribution is 2.25. The molecule has 0 saturated heterocycles. The summed E-state index contributed by atoms with van der Waals surface area (Å²) >= 11 is 13.1. The summed E-state index contributed by atoms with van der Waals surface area (Å²) in [7, 11) is 0. The van der Waals surface area contributed by atoms with Gasteiger partial charge in [-0.2, -0.15) is 0 Å². The number of nitrogens with one attached hydrogen (secondary N) is 1. The van der Waals surface area contributed by atoms with Gasteiger partial charge >= 0.3 is 5.97 Å². The first kappa shape index (κ1) is 18.6. The Morgan fingerprint density at radius 2 is 1.88 bits per heavy atom. The number of hydrogen-bond donors (Lipinski definition) is 1. The molecular formula is C17H15Cl2NO3S. The second kappa shape index (κ2) is 8.97. The summed E-state index contributed by atoms with van der Waals surface area (Å²) in [5.74, 6) is -0.797. The van der Waals surface area contributed by atoms with Crippen LogP contribution in [-0.2, 0) is 14.3 Å². The van der Waals surface area contributed by atoms with Crippen LogP contribution in [0, 0.1) is 0 Å². The number of amides is 1. The summed E-state index contributed by atoms with van der Waals surface area (Å²) in [6.45, 7) is 1.50. The highest BCUT2D eigenvalue weighted by molar-refractivity contribution is 8.00. The average Bonchev–Trinajstić information content (AvgIpc) is 2.56. The molecule has 1 amide bonds. The van der Waals surface area contributed by atoms with Crippen molar-refractivity contribution in [2.75, 3.05) is 11.1 Å².